The standard InChI is InChI=1S/C25H36N4O3S/c1-28(19-10-6-4-7-11-19)23(30)17-33-25-27-26-24(29(25)20-12-8-5-9-13-20)18-14-15-21(31-2)22(16-18)32-3/h14-16,19-20H,4-13,17H2,1-3H3. The van der Waals surface area contributed by atoms with Gasteiger partial charge in [0.1, 0.15) is 0 Å². The fraction of sp³-hybridized carbons (Fsp3) is 0.640. The number of hydrogen-bond donors (Lipinski definition) is 0. The highest BCUT2D eigenvalue weighted by Crippen LogP contribution is 2.38. The lowest BCUT2D eigenvalue weighted by Crippen LogP contribution is -2.39. The molecule has 1 aromatic carbocycles. The van der Waals surface area contributed by atoms with E-state index in [0.29, 0.717) is 29.3 Å². The highest BCUT2D eigenvalue weighted by Gasteiger charge is 2.26. The molecule has 1 aromatic heterocycles. The summed E-state index contributed by atoms with van der Waals surface area (Å²) in [5.41, 5.74) is 0.947. The number of aromatic nitrogens is 3. The van der Waals surface area contributed by atoms with Gasteiger partial charge in [-0.05, 0) is 43.9 Å². The molecule has 2 saturated carbocycles. The average molecular weight is 473 g/mol. The molecule has 0 aliphatic heterocycles. The predicted molar refractivity (Wildman–Crippen MR) is 131 cm³/mol. The van der Waals surface area contributed by atoms with Crippen LogP contribution in [0.5, 0.6) is 11.5 Å². The predicted octanol–water partition coefficient (Wildman–Crippen LogP) is 5.35. The Morgan fingerprint density at radius 3 is 2.33 bits per heavy atom. The molecule has 2 aliphatic carbocycles. The zero-order chi connectivity index (χ0) is 23.2. The van der Waals surface area contributed by atoms with E-state index in [-0.39, 0.29) is 5.91 Å². The first-order chi connectivity index (χ1) is 16.1. The smallest absolute Gasteiger partial charge is 0.233 e. The number of methoxy groups -OCH3 is 2. The second-order valence-corrected chi connectivity index (χ2v) is 10.1. The zero-order valence-electron chi connectivity index (χ0n) is 20.1. The highest BCUT2D eigenvalue weighted by atomic mass is 32.2. The third-order valence-corrected chi connectivity index (χ3v) is 8.01. The Balaban J connectivity index is 1.56. The largest absolute Gasteiger partial charge is 0.493 e. The lowest BCUT2D eigenvalue weighted by atomic mass is 9.94. The van der Waals surface area contributed by atoms with Gasteiger partial charge >= 0.3 is 0 Å². The Morgan fingerprint density at radius 1 is 1.00 bits per heavy atom. The van der Waals surface area contributed by atoms with Crippen LogP contribution in [0.25, 0.3) is 11.4 Å². The molecule has 1 amide bonds. The van der Waals surface area contributed by atoms with Gasteiger partial charge in [0.15, 0.2) is 22.5 Å². The molecule has 1 heterocycles. The van der Waals surface area contributed by atoms with Crippen LogP contribution in [0.4, 0.5) is 0 Å². The van der Waals surface area contributed by atoms with E-state index in [1.807, 2.05) is 30.1 Å². The van der Waals surface area contributed by atoms with E-state index in [1.54, 1.807) is 14.2 Å². The van der Waals surface area contributed by atoms with Crippen LogP contribution in [0, 0.1) is 0 Å². The summed E-state index contributed by atoms with van der Waals surface area (Å²) in [6, 6.07) is 6.60. The van der Waals surface area contributed by atoms with Gasteiger partial charge in [0, 0.05) is 24.7 Å². The molecule has 0 saturated heterocycles. The van der Waals surface area contributed by atoms with Crippen molar-refractivity contribution in [3.8, 4) is 22.9 Å². The second-order valence-electron chi connectivity index (χ2n) is 9.12. The number of carbonyl (C=O) groups excluding carboxylic acids is 1. The van der Waals surface area contributed by atoms with Gasteiger partial charge in [-0.3, -0.25) is 9.36 Å². The van der Waals surface area contributed by atoms with Gasteiger partial charge in [-0.1, -0.05) is 50.3 Å². The van der Waals surface area contributed by atoms with Gasteiger partial charge in [-0.2, -0.15) is 0 Å². The number of thioether (sulfide) groups is 1. The first-order valence-electron chi connectivity index (χ1n) is 12.2. The maximum absolute atomic E-state index is 13.0. The summed E-state index contributed by atoms with van der Waals surface area (Å²) in [5.74, 6) is 2.77. The molecule has 180 valence electrons. The van der Waals surface area contributed by atoms with E-state index in [4.69, 9.17) is 9.47 Å². The summed E-state index contributed by atoms with van der Waals surface area (Å²) in [6.07, 6.45) is 11.9. The van der Waals surface area contributed by atoms with Crippen molar-refractivity contribution in [2.75, 3.05) is 27.0 Å². The van der Waals surface area contributed by atoms with E-state index in [2.05, 4.69) is 14.8 Å². The van der Waals surface area contributed by atoms with E-state index in [0.717, 1.165) is 42.2 Å². The summed E-state index contributed by atoms with van der Waals surface area (Å²) < 4.78 is 13.2. The van der Waals surface area contributed by atoms with E-state index < -0.39 is 0 Å². The van der Waals surface area contributed by atoms with Gasteiger partial charge in [0.2, 0.25) is 5.91 Å². The Bertz CT molecular complexity index is 936. The van der Waals surface area contributed by atoms with Crippen molar-refractivity contribution in [2.45, 2.75) is 81.4 Å². The van der Waals surface area contributed by atoms with Crippen LogP contribution in [0.15, 0.2) is 23.4 Å². The third kappa shape index (κ3) is 5.48. The SMILES string of the molecule is COc1ccc(-c2nnc(SCC(=O)N(C)C3CCCCC3)n2C2CCCCC2)cc1OC. The molecule has 2 aliphatic rings. The Labute approximate surface area is 201 Å². The van der Waals surface area contributed by atoms with Crippen LogP contribution in [0.1, 0.15) is 70.3 Å². The van der Waals surface area contributed by atoms with Crippen LogP contribution in [0.2, 0.25) is 0 Å². The van der Waals surface area contributed by atoms with Crippen LogP contribution >= 0.6 is 11.8 Å². The van der Waals surface area contributed by atoms with E-state index in [9.17, 15) is 4.79 Å². The molecule has 0 radical (unpaired) electrons. The van der Waals surface area contributed by atoms with Gasteiger partial charge in [0.05, 0.1) is 20.0 Å². The van der Waals surface area contributed by atoms with Crippen LogP contribution in [-0.2, 0) is 4.79 Å². The van der Waals surface area contributed by atoms with Gasteiger partial charge in [0.25, 0.3) is 0 Å². The van der Waals surface area contributed by atoms with Gasteiger partial charge in [-0.15, -0.1) is 10.2 Å². The second kappa shape index (κ2) is 11.3. The first kappa shape index (κ1) is 23.9. The lowest BCUT2D eigenvalue weighted by Gasteiger charge is -2.31. The molecule has 0 bridgehead atoms. The van der Waals surface area contributed by atoms with Gasteiger partial charge < -0.3 is 14.4 Å². The molecule has 2 aromatic rings. The van der Waals surface area contributed by atoms with Crippen LogP contribution in [-0.4, -0.2) is 58.6 Å². The average Bonchev–Trinajstić information content (AvgIpc) is 3.31. The summed E-state index contributed by atoms with van der Waals surface area (Å²) in [4.78, 5) is 14.9. The molecule has 2 fully saturated rings. The molecule has 0 unspecified atom stereocenters. The normalized spacial score (nSPS) is 17.7. The number of hydrogen-bond acceptors (Lipinski definition) is 6. The molecule has 0 atom stereocenters. The minimum atomic E-state index is 0.178. The topological polar surface area (TPSA) is 69.5 Å². The van der Waals surface area contributed by atoms with E-state index in [1.165, 1.54) is 50.3 Å². The van der Waals surface area contributed by atoms with E-state index >= 15 is 0 Å². The number of benzene rings is 1. The Hall–Kier alpha value is -2.22. The minimum Gasteiger partial charge on any atom is -0.493 e. The number of nitrogens with zero attached hydrogens (tertiary/aromatic N) is 4. The molecule has 0 spiro atoms. The molecular weight excluding hydrogens is 436 g/mol. The highest BCUT2D eigenvalue weighted by molar-refractivity contribution is 7.99. The van der Waals surface area contributed by atoms with Crippen molar-refractivity contribution in [3.05, 3.63) is 18.2 Å². The summed E-state index contributed by atoms with van der Waals surface area (Å²) >= 11 is 1.52. The molecular formula is C25H36N4O3S. The Kier molecular flexibility index (Phi) is 8.17. The quantitative estimate of drug-likeness (QED) is 0.482. The maximum Gasteiger partial charge on any atom is 0.233 e. The lowest BCUT2D eigenvalue weighted by molar-refractivity contribution is -0.129. The van der Waals surface area contributed by atoms with Gasteiger partial charge in [-0.25, -0.2) is 0 Å². The number of rotatable bonds is 8. The molecule has 7 nitrogen and oxygen atoms in total. The number of amides is 1. The first-order valence-corrected chi connectivity index (χ1v) is 13.2. The summed E-state index contributed by atoms with van der Waals surface area (Å²) in [5, 5.41) is 9.95. The van der Waals surface area contributed by atoms with Crippen molar-refractivity contribution in [1.82, 2.24) is 19.7 Å². The van der Waals surface area contributed by atoms with Crippen molar-refractivity contribution in [1.29, 1.82) is 0 Å². The maximum atomic E-state index is 13.0. The number of carbonyl (C=O) groups is 1. The van der Waals surface area contributed by atoms with Crippen molar-refractivity contribution in [2.24, 2.45) is 0 Å². The van der Waals surface area contributed by atoms with Crippen molar-refractivity contribution in [3.63, 3.8) is 0 Å². The monoisotopic (exact) mass is 472 g/mol. The molecule has 0 N–H and O–H groups in total. The van der Waals surface area contributed by atoms with Crippen LogP contribution < -0.4 is 9.47 Å². The fourth-order valence-electron chi connectivity index (χ4n) is 5.12. The molecule has 4 rings (SSSR count). The van der Waals surface area contributed by atoms with Crippen LogP contribution in [0.3, 0.4) is 0 Å². The third-order valence-electron chi connectivity index (χ3n) is 7.09. The minimum absolute atomic E-state index is 0.178. The van der Waals surface area contributed by atoms with Crippen molar-refractivity contribution >= 4 is 17.7 Å². The molecule has 33 heavy (non-hydrogen) atoms. The Morgan fingerprint density at radius 2 is 1.67 bits per heavy atom. The summed E-state index contributed by atoms with van der Waals surface area (Å²) in [7, 11) is 5.24. The zero-order valence-corrected chi connectivity index (χ0v) is 20.9. The molecule has 8 heteroatoms. The number of ether oxygens (including phenoxy) is 2. The van der Waals surface area contributed by atoms with Crippen molar-refractivity contribution < 1.29 is 14.3 Å². The fourth-order valence-corrected chi connectivity index (χ4v) is 6.05. The summed E-state index contributed by atoms with van der Waals surface area (Å²) in [6.45, 7) is 0.